The summed E-state index contributed by atoms with van der Waals surface area (Å²) in [4.78, 5) is 5.10. The molecule has 0 amide bonds. The van der Waals surface area contributed by atoms with Crippen molar-refractivity contribution >= 4 is 5.96 Å². The molecule has 72 valence electrons. The molecule has 0 spiro atoms. The van der Waals surface area contributed by atoms with E-state index in [1.165, 1.54) is 0 Å². The van der Waals surface area contributed by atoms with Crippen molar-refractivity contribution < 1.29 is 13.2 Å². The summed E-state index contributed by atoms with van der Waals surface area (Å²) in [6.07, 6.45) is -0.863. The monoisotopic (exact) mass is 191 g/mol. The molecule has 0 aromatic carbocycles. The average molecular weight is 191 g/mol. The highest BCUT2D eigenvalue weighted by molar-refractivity contribution is 5.83. The Hall–Kier alpha value is -1.20. The van der Waals surface area contributed by atoms with Gasteiger partial charge in [-0.15, -0.1) is 0 Å². The van der Waals surface area contributed by atoms with Gasteiger partial charge in [0.2, 0.25) is 0 Å². The Balaban J connectivity index is 2.13. The Kier molecular flexibility index (Phi) is 1.71. The third-order valence-corrected chi connectivity index (χ3v) is 2.00. The zero-order valence-electron chi connectivity index (χ0n) is 6.67. The van der Waals surface area contributed by atoms with Crippen molar-refractivity contribution in [1.82, 2.24) is 10.2 Å². The van der Waals surface area contributed by atoms with Gasteiger partial charge in [-0.05, 0) is 6.08 Å². The van der Waals surface area contributed by atoms with Crippen LogP contribution in [0.2, 0.25) is 0 Å². The molecule has 2 rings (SSSR count). The number of hydrogen-bond acceptors (Lipinski definition) is 3. The van der Waals surface area contributed by atoms with Crippen LogP contribution in [0.4, 0.5) is 13.2 Å². The second-order valence-corrected chi connectivity index (χ2v) is 2.96. The normalized spacial score (nSPS) is 26.8. The summed E-state index contributed by atoms with van der Waals surface area (Å²) in [7, 11) is 0. The van der Waals surface area contributed by atoms with Crippen LogP contribution in [0.25, 0.3) is 0 Å². The van der Waals surface area contributed by atoms with Crippen LogP contribution in [-0.4, -0.2) is 36.2 Å². The maximum Gasteiger partial charge on any atom is 0.412 e. The lowest BCUT2D eigenvalue weighted by Gasteiger charge is -2.22. The average Bonchev–Trinajstić information content (AvgIpc) is 2.45. The van der Waals surface area contributed by atoms with Crippen LogP contribution in [0.3, 0.4) is 0 Å². The summed E-state index contributed by atoms with van der Waals surface area (Å²) in [5.74, 6) is 0.324. The van der Waals surface area contributed by atoms with Crippen molar-refractivity contribution in [3.63, 3.8) is 0 Å². The molecule has 13 heavy (non-hydrogen) atoms. The van der Waals surface area contributed by atoms with Gasteiger partial charge in [0.25, 0.3) is 0 Å². The van der Waals surface area contributed by atoms with Crippen LogP contribution >= 0.6 is 0 Å². The van der Waals surface area contributed by atoms with E-state index in [-0.39, 0.29) is 6.54 Å². The molecule has 0 aliphatic carbocycles. The van der Waals surface area contributed by atoms with E-state index in [0.29, 0.717) is 12.5 Å². The zero-order valence-corrected chi connectivity index (χ0v) is 6.67. The molecule has 0 aromatic rings. The Morgan fingerprint density at radius 2 is 2.31 bits per heavy atom. The standard InChI is InChI=1S/C7H8F3N3/c8-7(9,10)5-4-13-3-1-2-11-6(13)12-5/h1-2,5H,3-4H2,(H,11,12). The number of rotatable bonds is 0. The van der Waals surface area contributed by atoms with Gasteiger partial charge in [0, 0.05) is 12.7 Å². The van der Waals surface area contributed by atoms with Gasteiger partial charge >= 0.3 is 6.18 Å². The number of nitrogens with zero attached hydrogens (tertiary/aromatic N) is 2. The Morgan fingerprint density at radius 3 is 2.92 bits per heavy atom. The molecule has 2 heterocycles. The molecule has 0 saturated carbocycles. The summed E-state index contributed by atoms with van der Waals surface area (Å²) in [5, 5.41) is 2.68. The molecule has 0 bridgehead atoms. The van der Waals surface area contributed by atoms with Gasteiger partial charge in [-0.2, -0.15) is 13.2 Å². The van der Waals surface area contributed by atoms with E-state index in [2.05, 4.69) is 10.3 Å². The van der Waals surface area contributed by atoms with E-state index in [9.17, 15) is 13.2 Å². The van der Waals surface area contributed by atoms with Crippen molar-refractivity contribution in [2.45, 2.75) is 12.2 Å². The van der Waals surface area contributed by atoms with E-state index in [0.717, 1.165) is 0 Å². The van der Waals surface area contributed by atoms with E-state index >= 15 is 0 Å². The first-order valence-electron chi connectivity index (χ1n) is 3.88. The van der Waals surface area contributed by atoms with Crippen molar-refractivity contribution in [3.8, 4) is 0 Å². The molecule has 3 nitrogen and oxygen atoms in total. The van der Waals surface area contributed by atoms with Crippen LogP contribution in [0.5, 0.6) is 0 Å². The molecule has 1 unspecified atom stereocenters. The van der Waals surface area contributed by atoms with Crippen LogP contribution < -0.4 is 5.32 Å². The zero-order chi connectivity index (χ0) is 9.47. The summed E-state index contributed by atoms with van der Waals surface area (Å²) in [6.45, 7) is 0.425. The fraction of sp³-hybridized carbons (Fsp3) is 0.571. The minimum Gasteiger partial charge on any atom is -0.336 e. The topological polar surface area (TPSA) is 27.6 Å². The predicted molar refractivity (Wildman–Crippen MR) is 41.1 cm³/mol. The molecular formula is C7H8F3N3. The van der Waals surface area contributed by atoms with Crippen LogP contribution in [-0.2, 0) is 0 Å². The molecule has 1 N–H and O–H groups in total. The third kappa shape index (κ3) is 1.48. The van der Waals surface area contributed by atoms with Gasteiger partial charge in [0.15, 0.2) is 12.0 Å². The molecule has 0 fully saturated rings. The van der Waals surface area contributed by atoms with Gasteiger partial charge in [0.1, 0.15) is 0 Å². The summed E-state index contributed by atoms with van der Waals surface area (Å²) in [5.41, 5.74) is 0. The highest BCUT2D eigenvalue weighted by Crippen LogP contribution is 2.27. The van der Waals surface area contributed by atoms with E-state index < -0.39 is 12.2 Å². The Bertz CT molecular complexity index is 269. The molecule has 2 aliphatic heterocycles. The summed E-state index contributed by atoms with van der Waals surface area (Å²) in [6, 6.07) is -1.57. The number of fused-ring (bicyclic) bond motifs is 1. The van der Waals surface area contributed by atoms with Gasteiger partial charge in [-0.3, -0.25) is 0 Å². The number of nitrogens with one attached hydrogen (secondary N) is 1. The minimum absolute atomic E-state index is 0.0732. The molecule has 0 radical (unpaired) electrons. The van der Waals surface area contributed by atoms with Crippen molar-refractivity contribution in [3.05, 3.63) is 12.3 Å². The Labute approximate surface area is 72.9 Å². The maximum atomic E-state index is 12.2. The van der Waals surface area contributed by atoms with E-state index in [1.54, 1.807) is 17.2 Å². The first-order chi connectivity index (χ1) is 6.07. The fourth-order valence-corrected chi connectivity index (χ4v) is 1.34. The number of alkyl halides is 3. The highest BCUT2D eigenvalue weighted by atomic mass is 19.4. The van der Waals surface area contributed by atoms with Crippen LogP contribution in [0.1, 0.15) is 0 Å². The number of halogens is 3. The molecule has 6 heteroatoms. The lowest BCUT2D eigenvalue weighted by atomic mass is 10.3. The minimum atomic E-state index is -4.23. The maximum absolute atomic E-state index is 12.2. The largest absolute Gasteiger partial charge is 0.412 e. The smallest absolute Gasteiger partial charge is 0.336 e. The molecule has 0 saturated heterocycles. The van der Waals surface area contributed by atoms with Crippen molar-refractivity contribution in [2.24, 2.45) is 4.99 Å². The van der Waals surface area contributed by atoms with Crippen LogP contribution in [0, 0.1) is 0 Å². The summed E-state index contributed by atoms with van der Waals surface area (Å²) < 4.78 is 36.7. The van der Waals surface area contributed by atoms with Gasteiger partial charge in [0.05, 0.1) is 6.54 Å². The lowest BCUT2D eigenvalue weighted by Crippen LogP contribution is -2.40. The van der Waals surface area contributed by atoms with Gasteiger partial charge in [-0.25, -0.2) is 4.99 Å². The predicted octanol–water partition coefficient (Wildman–Crippen LogP) is 0.706. The second-order valence-electron chi connectivity index (χ2n) is 2.96. The first-order valence-corrected chi connectivity index (χ1v) is 3.88. The first kappa shape index (κ1) is 8.40. The van der Waals surface area contributed by atoms with Gasteiger partial charge < -0.3 is 10.2 Å². The molecular weight excluding hydrogens is 183 g/mol. The Morgan fingerprint density at radius 1 is 1.54 bits per heavy atom. The van der Waals surface area contributed by atoms with Crippen LogP contribution in [0.15, 0.2) is 17.3 Å². The number of aliphatic imine (C=N–C) groups is 1. The summed E-state index contributed by atoms with van der Waals surface area (Å²) >= 11 is 0. The fourth-order valence-electron chi connectivity index (χ4n) is 1.34. The van der Waals surface area contributed by atoms with Crippen molar-refractivity contribution in [2.75, 3.05) is 13.1 Å². The number of hydrogen-bond donors (Lipinski definition) is 1. The second kappa shape index (κ2) is 2.65. The van der Waals surface area contributed by atoms with Crippen molar-refractivity contribution in [1.29, 1.82) is 0 Å². The molecule has 2 aliphatic rings. The lowest BCUT2D eigenvalue weighted by molar-refractivity contribution is -0.145. The van der Waals surface area contributed by atoms with E-state index in [4.69, 9.17) is 0 Å². The molecule has 0 aromatic heterocycles. The third-order valence-electron chi connectivity index (χ3n) is 2.00. The molecule has 1 atom stereocenters. The highest BCUT2D eigenvalue weighted by Gasteiger charge is 2.44. The van der Waals surface area contributed by atoms with E-state index in [1.807, 2.05) is 0 Å². The number of guanidine groups is 1. The SMILES string of the molecule is FC(F)(F)C1CN2CC=CNC2=N1. The quantitative estimate of drug-likeness (QED) is 0.610. The van der Waals surface area contributed by atoms with Gasteiger partial charge in [-0.1, -0.05) is 0 Å².